The van der Waals surface area contributed by atoms with E-state index in [-0.39, 0.29) is 5.91 Å². The summed E-state index contributed by atoms with van der Waals surface area (Å²) in [5.74, 6) is -0.377. The Hall–Kier alpha value is -0.570. The fourth-order valence-electron chi connectivity index (χ4n) is 1.44. The molecule has 0 spiro atoms. The van der Waals surface area contributed by atoms with Gasteiger partial charge in [0.2, 0.25) is 5.91 Å². The summed E-state index contributed by atoms with van der Waals surface area (Å²) in [6, 6.07) is 0. The number of hydrogen-bond acceptors (Lipinski definition) is 2. The van der Waals surface area contributed by atoms with Gasteiger partial charge >= 0.3 is 0 Å². The summed E-state index contributed by atoms with van der Waals surface area (Å²) in [7, 11) is 0. The Kier molecular flexibility index (Phi) is 1.68. The molecule has 2 atom stereocenters. The van der Waals surface area contributed by atoms with Gasteiger partial charge in [-0.2, -0.15) is 0 Å². The van der Waals surface area contributed by atoms with Crippen molar-refractivity contribution in [3.63, 3.8) is 0 Å². The fourth-order valence-corrected chi connectivity index (χ4v) is 1.44. The van der Waals surface area contributed by atoms with E-state index in [1.165, 1.54) is 0 Å². The Morgan fingerprint density at radius 1 is 1.80 bits per heavy atom. The highest BCUT2D eigenvalue weighted by molar-refractivity contribution is 5.81. The Balaban J connectivity index is 2.75. The van der Waals surface area contributed by atoms with E-state index in [1.807, 2.05) is 0 Å². The fraction of sp³-hybridized carbons (Fsp3) is 0.857. The van der Waals surface area contributed by atoms with Gasteiger partial charge < -0.3 is 10.8 Å². The van der Waals surface area contributed by atoms with Crippen molar-refractivity contribution in [2.75, 3.05) is 0 Å². The molecule has 0 saturated heterocycles. The quantitative estimate of drug-likeness (QED) is 0.543. The van der Waals surface area contributed by atoms with Crippen molar-refractivity contribution >= 4 is 5.91 Å². The predicted molar refractivity (Wildman–Crippen MR) is 37.2 cm³/mol. The summed E-state index contributed by atoms with van der Waals surface area (Å²) in [6.45, 7) is 1.73. The van der Waals surface area contributed by atoms with Gasteiger partial charge in [0.05, 0.1) is 11.5 Å². The molecule has 10 heavy (non-hydrogen) atoms. The number of amides is 1. The van der Waals surface area contributed by atoms with E-state index in [0.717, 1.165) is 12.8 Å². The number of carbonyl (C=O) groups excluding carboxylic acids is 1. The van der Waals surface area contributed by atoms with Crippen LogP contribution in [0.25, 0.3) is 0 Å². The molecule has 1 saturated carbocycles. The average molecular weight is 143 g/mol. The summed E-state index contributed by atoms with van der Waals surface area (Å²) in [4.78, 5) is 10.8. The highest BCUT2D eigenvalue weighted by atomic mass is 16.3. The zero-order valence-electron chi connectivity index (χ0n) is 6.13. The van der Waals surface area contributed by atoms with Crippen LogP contribution in [-0.2, 0) is 4.79 Å². The maximum absolute atomic E-state index is 10.8. The third kappa shape index (κ3) is 0.904. The Bertz CT molecular complexity index is 158. The van der Waals surface area contributed by atoms with Gasteiger partial charge in [0.1, 0.15) is 0 Å². The first-order valence-electron chi connectivity index (χ1n) is 3.55. The summed E-state index contributed by atoms with van der Waals surface area (Å²) >= 11 is 0. The smallest absolute Gasteiger partial charge is 0.225 e. The van der Waals surface area contributed by atoms with Crippen molar-refractivity contribution in [3.8, 4) is 0 Å². The van der Waals surface area contributed by atoms with Gasteiger partial charge in [-0.25, -0.2) is 0 Å². The van der Waals surface area contributed by atoms with Crippen LogP contribution >= 0.6 is 0 Å². The number of aliphatic hydroxyl groups is 1. The molecular weight excluding hydrogens is 130 g/mol. The van der Waals surface area contributed by atoms with Crippen molar-refractivity contribution in [3.05, 3.63) is 0 Å². The Labute approximate surface area is 60.2 Å². The molecule has 0 aromatic carbocycles. The average Bonchev–Trinajstić information content (AvgIpc) is 2.15. The monoisotopic (exact) mass is 143 g/mol. The van der Waals surface area contributed by atoms with Crippen LogP contribution < -0.4 is 5.73 Å². The van der Waals surface area contributed by atoms with Gasteiger partial charge in [-0.3, -0.25) is 4.79 Å². The standard InChI is InChI=1S/C7H13NO2/c1-7(6(8)10)4-2-3-5(7)9/h5,9H,2-4H2,1H3,(H2,8,10)/t5-,7+/m0/s1. The molecule has 0 aliphatic heterocycles. The molecule has 0 heterocycles. The van der Waals surface area contributed by atoms with Crippen LogP contribution in [-0.4, -0.2) is 17.1 Å². The topological polar surface area (TPSA) is 63.3 Å². The number of primary amides is 1. The summed E-state index contributed by atoms with van der Waals surface area (Å²) < 4.78 is 0. The third-order valence-electron chi connectivity index (χ3n) is 2.47. The second-order valence-electron chi connectivity index (χ2n) is 3.19. The van der Waals surface area contributed by atoms with Crippen LogP contribution in [0.1, 0.15) is 26.2 Å². The first-order chi connectivity index (χ1) is 4.57. The second-order valence-corrected chi connectivity index (χ2v) is 3.19. The molecule has 58 valence electrons. The molecule has 1 rings (SSSR count). The lowest BCUT2D eigenvalue weighted by Crippen LogP contribution is -2.40. The molecule has 0 bridgehead atoms. The maximum Gasteiger partial charge on any atom is 0.225 e. The second kappa shape index (κ2) is 2.23. The Morgan fingerprint density at radius 2 is 2.40 bits per heavy atom. The molecule has 0 radical (unpaired) electrons. The zero-order chi connectivity index (χ0) is 7.78. The highest BCUT2D eigenvalue weighted by Gasteiger charge is 2.42. The maximum atomic E-state index is 10.8. The number of aliphatic hydroxyl groups excluding tert-OH is 1. The third-order valence-corrected chi connectivity index (χ3v) is 2.47. The van der Waals surface area contributed by atoms with Crippen LogP contribution in [0.5, 0.6) is 0 Å². The van der Waals surface area contributed by atoms with Crippen molar-refractivity contribution in [1.29, 1.82) is 0 Å². The highest BCUT2D eigenvalue weighted by Crippen LogP contribution is 2.37. The zero-order valence-corrected chi connectivity index (χ0v) is 6.13. The number of nitrogens with two attached hydrogens (primary N) is 1. The van der Waals surface area contributed by atoms with Gasteiger partial charge in [0.15, 0.2) is 0 Å². The van der Waals surface area contributed by atoms with Crippen molar-refractivity contribution < 1.29 is 9.90 Å². The molecule has 1 aliphatic rings. The first kappa shape index (κ1) is 7.54. The lowest BCUT2D eigenvalue weighted by atomic mass is 9.86. The van der Waals surface area contributed by atoms with Gasteiger partial charge in [0, 0.05) is 0 Å². The normalized spacial score (nSPS) is 40.0. The largest absolute Gasteiger partial charge is 0.392 e. The minimum Gasteiger partial charge on any atom is -0.392 e. The minimum absolute atomic E-state index is 0.377. The van der Waals surface area contributed by atoms with Crippen molar-refractivity contribution in [1.82, 2.24) is 0 Å². The number of hydrogen-bond donors (Lipinski definition) is 2. The van der Waals surface area contributed by atoms with E-state index in [2.05, 4.69) is 0 Å². The van der Waals surface area contributed by atoms with Gasteiger partial charge in [0.25, 0.3) is 0 Å². The van der Waals surface area contributed by atoms with E-state index in [1.54, 1.807) is 6.92 Å². The molecule has 1 amide bonds. The van der Waals surface area contributed by atoms with E-state index >= 15 is 0 Å². The summed E-state index contributed by atoms with van der Waals surface area (Å²) in [6.07, 6.45) is 1.81. The molecule has 3 nitrogen and oxygen atoms in total. The van der Waals surface area contributed by atoms with E-state index < -0.39 is 11.5 Å². The van der Waals surface area contributed by atoms with Gasteiger partial charge in [-0.1, -0.05) is 0 Å². The van der Waals surface area contributed by atoms with E-state index in [4.69, 9.17) is 5.73 Å². The lowest BCUT2D eigenvalue weighted by molar-refractivity contribution is -0.131. The van der Waals surface area contributed by atoms with Crippen LogP contribution in [0.15, 0.2) is 0 Å². The molecule has 0 aromatic heterocycles. The SMILES string of the molecule is C[C@@]1(C(N)=O)CCC[C@@H]1O. The van der Waals surface area contributed by atoms with Crippen molar-refractivity contribution in [2.24, 2.45) is 11.1 Å². The molecule has 0 unspecified atom stereocenters. The lowest BCUT2D eigenvalue weighted by Gasteiger charge is -2.23. The molecule has 3 N–H and O–H groups in total. The van der Waals surface area contributed by atoms with Gasteiger partial charge in [-0.15, -0.1) is 0 Å². The van der Waals surface area contributed by atoms with Gasteiger partial charge in [-0.05, 0) is 26.2 Å². The van der Waals surface area contributed by atoms with Crippen molar-refractivity contribution in [2.45, 2.75) is 32.3 Å². The summed E-state index contributed by atoms with van der Waals surface area (Å²) in [5.41, 5.74) is 4.47. The Morgan fingerprint density at radius 3 is 2.60 bits per heavy atom. The molecular formula is C7H13NO2. The minimum atomic E-state index is -0.653. The predicted octanol–water partition coefficient (Wildman–Crippen LogP) is 0.0228. The first-order valence-corrected chi connectivity index (χ1v) is 3.55. The number of carbonyl (C=O) groups is 1. The van der Waals surface area contributed by atoms with Crippen LogP contribution in [0, 0.1) is 5.41 Å². The molecule has 0 aromatic rings. The van der Waals surface area contributed by atoms with Crippen LogP contribution in [0.2, 0.25) is 0 Å². The van der Waals surface area contributed by atoms with Crippen LogP contribution in [0.3, 0.4) is 0 Å². The van der Waals surface area contributed by atoms with Crippen LogP contribution in [0.4, 0.5) is 0 Å². The van der Waals surface area contributed by atoms with E-state index in [9.17, 15) is 9.90 Å². The molecule has 1 aliphatic carbocycles. The molecule has 1 fully saturated rings. The van der Waals surface area contributed by atoms with E-state index in [0.29, 0.717) is 6.42 Å². The molecule has 3 heteroatoms. The number of rotatable bonds is 1. The summed E-state index contributed by atoms with van der Waals surface area (Å²) in [5, 5.41) is 9.32.